The van der Waals surface area contributed by atoms with E-state index in [1.165, 1.54) is 19.1 Å². The Morgan fingerprint density at radius 1 is 1.59 bits per heavy atom. The monoisotopic (exact) mass is 364 g/mol. The molecule has 0 fully saturated rings. The summed E-state index contributed by atoms with van der Waals surface area (Å²) in [6, 6.07) is 6.16. The van der Waals surface area contributed by atoms with Crippen LogP contribution in [0.4, 0.5) is 5.69 Å². The van der Waals surface area contributed by atoms with Gasteiger partial charge < -0.3 is 4.74 Å². The summed E-state index contributed by atoms with van der Waals surface area (Å²) in [6.07, 6.45) is 0. The van der Waals surface area contributed by atoms with E-state index in [0.29, 0.717) is 16.8 Å². The first-order chi connectivity index (χ1) is 8.06. The molecule has 92 valence electrons. The normalized spacial score (nSPS) is 8.59. The molecule has 0 atom stereocenters. The van der Waals surface area contributed by atoms with Gasteiger partial charge in [-0.05, 0) is 22.0 Å². The molecular weight excluding hydrogens is 356 g/mol. The lowest BCUT2D eigenvalue weighted by Gasteiger charge is -2.05. The molecule has 0 N–H and O–H groups in total. The Hall–Kier alpha value is -1.13. The van der Waals surface area contributed by atoms with E-state index in [1.54, 1.807) is 12.1 Å². The number of nitriles is 1. The fraction of sp³-hybridized carbons (Fsp3) is 0.300. The first kappa shape index (κ1) is 15.9. The first-order valence-corrected chi connectivity index (χ1v) is 6.41. The third-order valence-corrected chi connectivity index (χ3v) is 2.40. The molecular formula is C10H10Br2N2O3. The highest BCUT2D eigenvalue weighted by Gasteiger charge is 2.09. The van der Waals surface area contributed by atoms with Crippen molar-refractivity contribution in [1.82, 2.24) is 0 Å². The summed E-state index contributed by atoms with van der Waals surface area (Å²) in [7, 11) is 0. The number of nitrogens with zero attached hydrogens (tertiary/aromatic N) is 2. The van der Waals surface area contributed by atoms with E-state index < -0.39 is 4.92 Å². The van der Waals surface area contributed by atoms with E-state index in [-0.39, 0.29) is 5.69 Å². The van der Waals surface area contributed by atoms with Gasteiger partial charge in [0.2, 0.25) is 0 Å². The second-order valence-corrected chi connectivity index (χ2v) is 4.28. The van der Waals surface area contributed by atoms with Crippen molar-refractivity contribution in [3.05, 3.63) is 32.8 Å². The maximum Gasteiger partial charge on any atom is 0.270 e. The van der Waals surface area contributed by atoms with Crippen molar-refractivity contribution in [2.24, 2.45) is 0 Å². The van der Waals surface area contributed by atoms with Crippen LogP contribution >= 0.6 is 31.9 Å². The molecule has 5 nitrogen and oxygen atoms in total. The Balaban J connectivity index is 0.000000770. The molecule has 0 spiro atoms. The highest BCUT2D eigenvalue weighted by atomic mass is 79.9. The standard InChI is InChI=1S/C8H7Br2NO3.C2H3N/c9-3-4-14-8-2-1-6(11(12)13)5-7(8)10;1-2-3/h1-2,5H,3-4H2;1H3. The molecule has 0 bridgehead atoms. The van der Waals surface area contributed by atoms with Crippen molar-refractivity contribution in [1.29, 1.82) is 5.26 Å². The van der Waals surface area contributed by atoms with E-state index >= 15 is 0 Å². The quantitative estimate of drug-likeness (QED) is 0.463. The second kappa shape index (κ2) is 8.96. The van der Waals surface area contributed by atoms with E-state index in [4.69, 9.17) is 10.00 Å². The van der Waals surface area contributed by atoms with Crippen LogP contribution in [-0.2, 0) is 0 Å². The van der Waals surface area contributed by atoms with Gasteiger partial charge >= 0.3 is 0 Å². The van der Waals surface area contributed by atoms with E-state index in [0.717, 1.165) is 5.33 Å². The van der Waals surface area contributed by atoms with Crippen molar-refractivity contribution in [3.63, 3.8) is 0 Å². The predicted molar refractivity (Wildman–Crippen MR) is 71.4 cm³/mol. The summed E-state index contributed by atoms with van der Waals surface area (Å²) < 4.78 is 5.89. The Kier molecular flexibility index (Phi) is 8.36. The Morgan fingerprint density at radius 2 is 2.18 bits per heavy atom. The van der Waals surface area contributed by atoms with Crippen molar-refractivity contribution in [3.8, 4) is 11.8 Å². The number of alkyl halides is 1. The van der Waals surface area contributed by atoms with Crippen LogP contribution in [0, 0.1) is 21.4 Å². The fourth-order valence-electron chi connectivity index (χ4n) is 0.869. The zero-order chi connectivity index (χ0) is 13.3. The fourth-order valence-corrected chi connectivity index (χ4v) is 1.51. The molecule has 0 aliphatic carbocycles. The van der Waals surface area contributed by atoms with Gasteiger partial charge in [0, 0.05) is 24.4 Å². The Bertz CT molecular complexity index is 419. The minimum atomic E-state index is -0.445. The summed E-state index contributed by atoms with van der Waals surface area (Å²) in [5.41, 5.74) is 0.0445. The lowest BCUT2D eigenvalue weighted by atomic mass is 10.3. The van der Waals surface area contributed by atoms with Gasteiger partial charge in [0.1, 0.15) is 5.75 Å². The molecule has 17 heavy (non-hydrogen) atoms. The van der Waals surface area contributed by atoms with Crippen LogP contribution in [0.25, 0.3) is 0 Å². The number of rotatable bonds is 4. The number of hydrogen-bond acceptors (Lipinski definition) is 4. The number of halogens is 2. The Morgan fingerprint density at radius 3 is 2.59 bits per heavy atom. The molecule has 0 aliphatic rings. The minimum Gasteiger partial charge on any atom is -0.492 e. The van der Waals surface area contributed by atoms with E-state index in [9.17, 15) is 10.1 Å². The van der Waals surface area contributed by atoms with E-state index in [2.05, 4.69) is 31.9 Å². The maximum atomic E-state index is 10.4. The SMILES string of the molecule is CC#N.O=[N+]([O-])c1ccc(OCCBr)c(Br)c1. The molecule has 0 heterocycles. The number of hydrogen-bond donors (Lipinski definition) is 0. The molecule has 0 aromatic heterocycles. The highest BCUT2D eigenvalue weighted by Crippen LogP contribution is 2.28. The molecule has 0 saturated heterocycles. The lowest BCUT2D eigenvalue weighted by molar-refractivity contribution is -0.384. The summed E-state index contributed by atoms with van der Waals surface area (Å²) in [5.74, 6) is 0.607. The molecule has 1 aromatic carbocycles. The van der Waals surface area contributed by atoms with Gasteiger partial charge in [-0.1, -0.05) is 15.9 Å². The van der Waals surface area contributed by atoms with Crippen LogP contribution in [-0.4, -0.2) is 16.9 Å². The summed E-state index contributed by atoms with van der Waals surface area (Å²) in [5, 5.41) is 18.5. The van der Waals surface area contributed by atoms with Crippen LogP contribution in [0.15, 0.2) is 22.7 Å². The maximum absolute atomic E-state index is 10.4. The summed E-state index contributed by atoms with van der Waals surface area (Å²) in [4.78, 5) is 9.97. The Labute approximate surface area is 116 Å². The average molecular weight is 366 g/mol. The van der Waals surface area contributed by atoms with Crippen LogP contribution in [0.2, 0.25) is 0 Å². The molecule has 0 aliphatic heterocycles. The third kappa shape index (κ3) is 6.24. The van der Waals surface area contributed by atoms with Crippen molar-refractivity contribution < 1.29 is 9.66 Å². The lowest BCUT2D eigenvalue weighted by Crippen LogP contribution is -1.98. The highest BCUT2D eigenvalue weighted by molar-refractivity contribution is 9.10. The van der Waals surface area contributed by atoms with Gasteiger partial charge in [-0.15, -0.1) is 0 Å². The number of nitro benzene ring substituents is 1. The minimum absolute atomic E-state index is 0.0445. The first-order valence-electron chi connectivity index (χ1n) is 4.50. The second-order valence-electron chi connectivity index (χ2n) is 2.63. The molecule has 0 unspecified atom stereocenters. The van der Waals surface area contributed by atoms with Gasteiger partial charge in [0.25, 0.3) is 5.69 Å². The molecule has 1 aromatic rings. The van der Waals surface area contributed by atoms with E-state index in [1.807, 2.05) is 0 Å². The number of non-ortho nitro benzene ring substituents is 1. The topological polar surface area (TPSA) is 76.2 Å². The molecule has 0 radical (unpaired) electrons. The molecule has 0 amide bonds. The number of ether oxygens (including phenoxy) is 1. The zero-order valence-corrected chi connectivity index (χ0v) is 12.2. The zero-order valence-electron chi connectivity index (χ0n) is 9.02. The predicted octanol–water partition coefficient (Wildman–Crippen LogP) is 3.66. The molecule has 1 rings (SSSR count). The van der Waals surface area contributed by atoms with Gasteiger partial charge in [-0.25, -0.2) is 0 Å². The summed E-state index contributed by atoms with van der Waals surface area (Å²) in [6.45, 7) is 1.95. The van der Waals surface area contributed by atoms with Gasteiger partial charge in [0.05, 0.1) is 22.1 Å². The third-order valence-electron chi connectivity index (χ3n) is 1.46. The number of benzene rings is 1. The molecule has 0 saturated carbocycles. The van der Waals surface area contributed by atoms with Gasteiger partial charge in [-0.2, -0.15) is 5.26 Å². The van der Waals surface area contributed by atoms with Crippen molar-refractivity contribution in [2.45, 2.75) is 6.92 Å². The van der Waals surface area contributed by atoms with Crippen LogP contribution in [0.3, 0.4) is 0 Å². The van der Waals surface area contributed by atoms with Gasteiger partial charge in [-0.3, -0.25) is 10.1 Å². The van der Waals surface area contributed by atoms with Crippen LogP contribution in [0.1, 0.15) is 6.92 Å². The van der Waals surface area contributed by atoms with Crippen LogP contribution in [0.5, 0.6) is 5.75 Å². The smallest absolute Gasteiger partial charge is 0.270 e. The largest absolute Gasteiger partial charge is 0.492 e. The number of nitro groups is 1. The van der Waals surface area contributed by atoms with Crippen molar-refractivity contribution in [2.75, 3.05) is 11.9 Å². The van der Waals surface area contributed by atoms with Crippen LogP contribution < -0.4 is 4.74 Å². The average Bonchev–Trinajstić information content (AvgIpc) is 2.28. The summed E-state index contributed by atoms with van der Waals surface area (Å²) >= 11 is 6.42. The van der Waals surface area contributed by atoms with Gasteiger partial charge in [0.15, 0.2) is 0 Å². The molecule has 7 heteroatoms. The van der Waals surface area contributed by atoms with Crippen molar-refractivity contribution >= 4 is 37.5 Å².